The van der Waals surface area contributed by atoms with Gasteiger partial charge in [-0.15, -0.1) is 0 Å². The Balaban J connectivity index is 1.80. The highest BCUT2D eigenvalue weighted by molar-refractivity contribution is 5.85. The summed E-state index contributed by atoms with van der Waals surface area (Å²) in [5.74, 6) is 1.24. The number of hydrogen-bond acceptors (Lipinski definition) is 6. The van der Waals surface area contributed by atoms with E-state index >= 15 is 0 Å². The SMILES string of the molecule is CCOC(=O)Nc1ccc(OCCCN2CCOCC2)c(OC)c1. The summed E-state index contributed by atoms with van der Waals surface area (Å²) in [6.45, 7) is 7.27. The molecule has 0 aromatic heterocycles. The summed E-state index contributed by atoms with van der Waals surface area (Å²) >= 11 is 0. The van der Waals surface area contributed by atoms with Crippen LogP contribution in [0.4, 0.5) is 10.5 Å². The van der Waals surface area contributed by atoms with Gasteiger partial charge in [-0.25, -0.2) is 4.79 Å². The zero-order chi connectivity index (χ0) is 17.2. The van der Waals surface area contributed by atoms with Crippen LogP contribution in [0.15, 0.2) is 18.2 Å². The Morgan fingerprint density at radius 3 is 2.79 bits per heavy atom. The number of morpholine rings is 1. The highest BCUT2D eigenvalue weighted by Crippen LogP contribution is 2.30. The lowest BCUT2D eigenvalue weighted by Crippen LogP contribution is -2.37. The maximum atomic E-state index is 11.4. The molecule has 0 bridgehead atoms. The fourth-order valence-electron chi connectivity index (χ4n) is 2.44. The van der Waals surface area contributed by atoms with Crippen LogP contribution in [0.5, 0.6) is 11.5 Å². The molecule has 0 aliphatic carbocycles. The van der Waals surface area contributed by atoms with Crippen LogP contribution >= 0.6 is 0 Å². The van der Waals surface area contributed by atoms with E-state index in [0.29, 0.717) is 30.4 Å². The minimum absolute atomic E-state index is 0.327. The number of carbonyl (C=O) groups is 1. The summed E-state index contributed by atoms with van der Waals surface area (Å²) < 4.78 is 21.3. The van der Waals surface area contributed by atoms with Crippen LogP contribution in [0.1, 0.15) is 13.3 Å². The minimum Gasteiger partial charge on any atom is -0.493 e. The fourth-order valence-corrected chi connectivity index (χ4v) is 2.44. The summed E-state index contributed by atoms with van der Waals surface area (Å²) in [4.78, 5) is 13.8. The van der Waals surface area contributed by atoms with Crippen molar-refractivity contribution >= 4 is 11.8 Å². The standard InChI is InChI=1S/C17H26N2O5/c1-3-23-17(20)18-14-5-6-15(16(13-14)21-2)24-10-4-7-19-8-11-22-12-9-19/h5-6,13H,3-4,7-12H2,1-2H3,(H,18,20). The molecule has 2 rings (SSSR count). The highest BCUT2D eigenvalue weighted by atomic mass is 16.5. The lowest BCUT2D eigenvalue weighted by Gasteiger charge is -2.26. The van der Waals surface area contributed by atoms with Gasteiger partial charge in [-0.05, 0) is 25.5 Å². The summed E-state index contributed by atoms with van der Waals surface area (Å²) in [5.41, 5.74) is 0.603. The molecule has 0 atom stereocenters. The van der Waals surface area contributed by atoms with Crippen LogP contribution < -0.4 is 14.8 Å². The Bertz CT molecular complexity index is 518. The van der Waals surface area contributed by atoms with E-state index in [4.69, 9.17) is 18.9 Å². The molecule has 1 aromatic carbocycles. The van der Waals surface area contributed by atoms with Crippen molar-refractivity contribution in [1.82, 2.24) is 4.90 Å². The topological polar surface area (TPSA) is 69.3 Å². The van der Waals surface area contributed by atoms with Crippen LogP contribution in [0.25, 0.3) is 0 Å². The first-order valence-electron chi connectivity index (χ1n) is 8.27. The molecular formula is C17H26N2O5. The van der Waals surface area contributed by atoms with Gasteiger partial charge in [-0.1, -0.05) is 0 Å². The van der Waals surface area contributed by atoms with Crippen LogP contribution in [0.2, 0.25) is 0 Å². The van der Waals surface area contributed by atoms with Crippen molar-refractivity contribution in [2.75, 3.05) is 58.5 Å². The van der Waals surface area contributed by atoms with Crippen LogP contribution in [-0.2, 0) is 9.47 Å². The van der Waals surface area contributed by atoms with Gasteiger partial charge in [0.25, 0.3) is 0 Å². The number of amides is 1. The molecule has 24 heavy (non-hydrogen) atoms. The van der Waals surface area contributed by atoms with E-state index in [1.54, 1.807) is 32.2 Å². The van der Waals surface area contributed by atoms with Crippen molar-refractivity contribution in [2.24, 2.45) is 0 Å². The molecular weight excluding hydrogens is 312 g/mol. The second-order valence-electron chi connectivity index (χ2n) is 5.37. The molecule has 1 aliphatic rings. The number of nitrogens with one attached hydrogen (secondary N) is 1. The molecule has 0 saturated carbocycles. The van der Waals surface area contributed by atoms with Crippen LogP contribution in [0, 0.1) is 0 Å². The Morgan fingerprint density at radius 2 is 2.08 bits per heavy atom. The lowest BCUT2D eigenvalue weighted by atomic mass is 10.2. The van der Waals surface area contributed by atoms with Crippen molar-refractivity contribution < 1.29 is 23.7 Å². The highest BCUT2D eigenvalue weighted by Gasteiger charge is 2.11. The van der Waals surface area contributed by atoms with Crippen LogP contribution in [0.3, 0.4) is 0 Å². The third kappa shape index (κ3) is 5.90. The first-order valence-corrected chi connectivity index (χ1v) is 8.27. The van der Waals surface area contributed by atoms with Crippen molar-refractivity contribution in [3.05, 3.63) is 18.2 Å². The quantitative estimate of drug-likeness (QED) is 0.734. The molecule has 0 unspecified atom stereocenters. The molecule has 1 amide bonds. The largest absolute Gasteiger partial charge is 0.493 e. The van der Waals surface area contributed by atoms with E-state index in [1.807, 2.05) is 0 Å². The normalized spacial score (nSPS) is 14.9. The van der Waals surface area contributed by atoms with Gasteiger partial charge in [-0.2, -0.15) is 0 Å². The third-order valence-electron chi connectivity index (χ3n) is 3.67. The molecule has 134 valence electrons. The molecule has 7 heteroatoms. The monoisotopic (exact) mass is 338 g/mol. The Kier molecular flexibility index (Phi) is 7.64. The van der Waals surface area contributed by atoms with Gasteiger partial charge in [0, 0.05) is 31.4 Å². The minimum atomic E-state index is -0.487. The number of ether oxygens (including phenoxy) is 4. The maximum absolute atomic E-state index is 11.4. The van der Waals surface area contributed by atoms with E-state index in [0.717, 1.165) is 39.3 Å². The van der Waals surface area contributed by atoms with Crippen LogP contribution in [-0.4, -0.2) is 64.2 Å². The zero-order valence-corrected chi connectivity index (χ0v) is 14.4. The molecule has 1 aliphatic heterocycles. The number of carbonyl (C=O) groups excluding carboxylic acids is 1. The average molecular weight is 338 g/mol. The second kappa shape index (κ2) is 10.00. The van der Waals surface area contributed by atoms with Crippen molar-refractivity contribution in [1.29, 1.82) is 0 Å². The number of anilines is 1. The Morgan fingerprint density at radius 1 is 1.29 bits per heavy atom. The van der Waals surface area contributed by atoms with Crippen molar-refractivity contribution in [3.63, 3.8) is 0 Å². The molecule has 1 heterocycles. The van der Waals surface area contributed by atoms with E-state index < -0.39 is 6.09 Å². The summed E-state index contributed by atoms with van der Waals surface area (Å²) in [5, 5.41) is 2.64. The predicted octanol–water partition coefficient (Wildman–Crippen LogP) is 2.36. The van der Waals surface area contributed by atoms with Crippen molar-refractivity contribution in [3.8, 4) is 11.5 Å². The number of nitrogens with zero attached hydrogens (tertiary/aromatic N) is 1. The Hall–Kier alpha value is -1.99. The smallest absolute Gasteiger partial charge is 0.411 e. The average Bonchev–Trinajstić information content (AvgIpc) is 2.60. The van der Waals surface area contributed by atoms with Gasteiger partial charge < -0.3 is 18.9 Å². The van der Waals surface area contributed by atoms with E-state index in [9.17, 15) is 4.79 Å². The van der Waals surface area contributed by atoms with Gasteiger partial charge in [0.2, 0.25) is 0 Å². The lowest BCUT2D eigenvalue weighted by molar-refractivity contribution is 0.0357. The second-order valence-corrected chi connectivity index (χ2v) is 5.37. The fraction of sp³-hybridized carbons (Fsp3) is 0.588. The number of methoxy groups -OCH3 is 1. The molecule has 0 spiro atoms. The number of rotatable bonds is 8. The van der Waals surface area contributed by atoms with Gasteiger partial charge in [0.1, 0.15) is 0 Å². The zero-order valence-electron chi connectivity index (χ0n) is 14.4. The Labute approximate surface area is 142 Å². The molecule has 0 radical (unpaired) electrons. The maximum Gasteiger partial charge on any atom is 0.411 e. The molecule has 1 N–H and O–H groups in total. The third-order valence-corrected chi connectivity index (χ3v) is 3.67. The van der Waals surface area contributed by atoms with Crippen molar-refractivity contribution in [2.45, 2.75) is 13.3 Å². The molecule has 1 fully saturated rings. The van der Waals surface area contributed by atoms with E-state index in [2.05, 4.69) is 10.2 Å². The van der Waals surface area contributed by atoms with Gasteiger partial charge in [0.05, 0.1) is 33.5 Å². The molecule has 1 saturated heterocycles. The first-order chi connectivity index (χ1) is 11.7. The summed E-state index contributed by atoms with van der Waals surface area (Å²) in [6, 6.07) is 5.26. The molecule has 7 nitrogen and oxygen atoms in total. The van der Waals surface area contributed by atoms with Gasteiger partial charge >= 0.3 is 6.09 Å². The number of hydrogen-bond donors (Lipinski definition) is 1. The summed E-state index contributed by atoms with van der Waals surface area (Å²) in [7, 11) is 1.57. The van der Waals surface area contributed by atoms with E-state index in [1.165, 1.54) is 0 Å². The number of benzene rings is 1. The predicted molar refractivity (Wildman–Crippen MR) is 91.0 cm³/mol. The molecule has 1 aromatic rings. The first kappa shape index (κ1) is 18.4. The van der Waals surface area contributed by atoms with Gasteiger partial charge in [-0.3, -0.25) is 10.2 Å². The van der Waals surface area contributed by atoms with Gasteiger partial charge in [0.15, 0.2) is 11.5 Å². The summed E-state index contributed by atoms with van der Waals surface area (Å²) in [6.07, 6.45) is 0.449. The van der Waals surface area contributed by atoms with E-state index in [-0.39, 0.29) is 0 Å².